The van der Waals surface area contributed by atoms with E-state index in [2.05, 4.69) is 0 Å². The first-order valence-electron chi connectivity index (χ1n) is 8.22. The minimum absolute atomic E-state index is 0.226. The Hall–Kier alpha value is -2.35. The van der Waals surface area contributed by atoms with Crippen LogP contribution in [0.25, 0.3) is 6.08 Å². The number of halogens is 3. The average molecular weight is 371 g/mol. The van der Waals surface area contributed by atoms with E-state index in [-0.39, 0.29) is 26.1 Å². The molecule has 0 saturated carbocycles. The molecule has 2 atom stereocenters. The number of alkyl halides is 3. The van der Waals surface area contributed by atoms with E-state index in [1.807, 2.05) is 6.07 Å². The van der Waals surface area contributed by atoms with Crippen molar-refractivity contribution in [1.82, 2.24) is 4.90 Å². The molecule has 1 N–H and O–H groups in total. The molecule has 0 aromatic heterocycles. The molecule has 1 aromatic rings. The highest BCUT2D eigenvalue weighted by Gasteiger charge is 2.49. The summed E-state index contributed by atoms with van der Waals surface area (Å²) in [5.41, 5.74) is 0.803. The van der Waals surface area contributed by atoms with Crippen LogP contribution in [-0.4, -0.2) is 53.4 Å². The Morgan fingerprint density at radius 2 is 1.92 bits per heavy atom. The third-order valence-electron chi connectivity index (χ3n) is 4.09. The summed E-state index contributed by atoms with van der Waals surface area (Å²) in [4.78, 5) is 24.3. The van der Waals surface area contributed by atoms with Crippen molar-refractivity contribution in [2.24, 2.45) is 0 Å². The Kier molecular flexibility index (Phi) is 6.79. The van der Waals surface area contributed by atoms with Crippen LogP contribution in [0.3, 0.4) is 0 Å². The van der Waals surface area contributed by atoms with Crippen LogP contribution in [0.2, 0.25) is 0 Å². The first kappa shape index (κ1) is 20.0. The number of likely N-dealkylation sites (tertiary alicyclic amines) is 1. The number of esters is 1. The second kappa shape index (κ2) is 8.84. The zero-order valence-electron chi connectivity index (χ0n) is 14.0. The third-order valence-corrected chi connectivity index (χ3v) is 4.09. The number of aliphatic hydroxyl groups excluding tert-OH is 1. The van der Waals surface area contributed by atoms with Gasteiger partial charge in [-0.3, -0.25) is 9.59 Å². The molecule has 0 radical (unpaired) electrons. The van der Waals surface area contributed by atoms with Gasteiger partial charge in [0.15, 0.2) is 0 Å². The normalized spacial score (nSPS) is 20.5. The van der Waals surface area contributed by atoms with Gasteiger partial charge in [0, 0.05) is 6.04 Å². The van der Waals surface area contributed by atoms with Crippen LogP contribution in [0.15, 0.2) is 36.4 Å². The average Bonchev–Trinajstić information content (AvgIpc) is 2.99. The van der Waals surface area contributed by atoms with Crippen LogP contribution < -0.4 is 0 Å². The SMILES string of the molecule is O=C(C[C@H]1CC[C@@H](/C=C/c2ccccc2)N1C(=O)C(F)(F)F)OCCO. The molecular formula is C18H20F3NO4. The molecule has 0 unspecified atom stereocenters. The molecule has 0 aliphatic carbocycles. The van der Waals surface area contributed by atoms with Crippen LogP contribution in [0.5, 0.6) is 0 Å². The van der Waals surface area contributed by atoms with Crippen molar-refractivity contribution in [3.05, 3.63) is 42.0 Å². The fourth-order valence-electron chi connectivity index (χ4n) is 2.96. The van der Waals surface area contributed by atoms with Crippen LogP contribution in [0.1, 0.15) is 24.8 Å². The number of benzene rings is 1. The van der Waals surface area contributed by atoms with Crippen molar-refractivity contribution in [2.45, 2.75) is 37.5 Å². The lowest BCUT2D eigenvalue weighted by atomic mass is 10.1. The molecule has 1 aliphatic rings. The molecule has 1 saturated heterocycles. The molecule has 0 bridgehead atoms. The molecule has 26 heavy (non-hydrogen) atoms. The van der Waals surface area contributed by atoms with Gasteiger partial charge >= 0.3 is 18.1 Å². The van der Waals surface area contributed by atoms with Crippen molar-refractivity contribution in [2.75, 3.05) is 13.2 Å². The minimum Gasteiger partial charge on any atom is -0.463 e. The Labute approximate surface area is 149 Å². The van der Waals surface area contributed by atoms with Gasteiger partial charge in [-0.2, -0.15) is 13.2 Å². The van der Waals surface area contributed by atoms with Gasteiger partial charge in [0.1, 0.15) is 6.61 Å². The highest BCUT2D eigenvalue weighted by Crippen LogP contribution is 2.32. The standard InChI is InChI=1S/C18H20F3NO4/c19-18(20,21)17(25)22-14(7-6-13-4-2-1-3-5-13)8-9-15(22)12-16(24)26-11-10-23/h1-7,14-15,23H,8-12H2/b7-6+/t14-,15-/m1/s1. The Morgan fingerprint density at radius 3 is 2.54 bits per heavy atom. The largest absolute Gasteiger partial charge is 0.471 e. The molecule has 0 spiro atoms. The molecule has 1 amide bonds. The van der Waals surface area contributed by atoms with Crippen LogP contribution in [0, 0.1) is 0 Å². The van der Waals surface area contributed by atoms with Gasteiger partial charge in [0.2, 0.25) is 0 Å². The second-order valence-corrected chi connectivity index (χ2v) is 5.93. The summed E-state index contributed by atoms with van der Waals surface area (Å²) < 4.78 is 43.7. The van der Waals surface area contributed by atoms with Crippen molar-refractivity contribution in [3.63, 3.8) is 0 Å². The number of hydrogen-bond acceptors (Lipinski definition) is 4. The number of ether oxygens (including phenoxy) is 1. The highest BCUT2D eigenvalue weighted by molar-refractivity contribution is 5.84. The molecule has 5 nitrogen and oxygen atoms in total. The van der Waals surface area contributed by atoms with E-state index in [9.17, 15) is 22.8 Å². The van der Waals surface area contributed by atoms with Gasteiger partial charge < -0.3 is 14.7 Å². The first-order valence-corrected chi connectivity index (χ1v) is 8.22. The molecular weight excluding hydrogens is 351 g/mol. The molecule has 142 valence electrons. The van der Waals surface area contributed by atoms with Crippen LogP contribution in [-0.2, 0) is 14.3 Å². The van der Waals surface area contributed by atoms with Gasteiger partial charge in [-0.25, -0.2) is 0 Å². The molecule has 1 heterocycles. The molecule has 8 heteroatoms. The Morgan fingerprint density at radius 1 is 1.23 bits per heavy atom. The molecule has 1 aromatic carbocycles. The summed E-state index contributed by atoms with van der Waals surface area (Å²) in [6.45, 7) is -0.597. The molecule has 2 rings (SSSR count). The summed E-state index contributed by atoms with van der Waals surface area (Å²) in [5.74, 6) is -2.70. The van der Waals surface area contributed by atoms with Gasteiger partial charge in [-0.15, -0.1) is 0 Å². The summed E-state index contributed by atoms with van der Waals surface area (Å²) in [6, 6.07) is 7.37. The quantitative estimate of drug-likeness (QED) is 0.781. The Balaban J connectivity index is 2.15. The zero-order chi connectivity index (χ0) is 19.2. The summed E-state index contributed by atoms with van der Waals surface area (Å²) in [5, 5.41) is 8.64. The number of carbonyl (C=O) groups excluding carboxylic acids is 2. The monoisotopic (exact) mass is 371 g/mol. The number of carbonyl (C=O) groups is 2. The van der Waals surface area contributed by atoms with Crippen LogP contribution >= 0.6 is 0 Å². The smallest absolute Gasteiger partial charge is 0.463 e. The summed E-state index contributed by atoms with van der Waals surface area (Å²) in [7, 11) is 0. The van der Waals surface area contributed by atoms with Crippen molar-refractivity contribution >= 4 is 18.0 Å². The fraction of sp³-hybridized carbons (Fsp3) is 0.444. The maximum absolute atomic E-state index is 13.0. The predicted molar refractivity (Wildman–Crippen MR) is 87.8 cm³/mol. The fourth-order valence-corrected chi connectivity index (χ4v) is 2.96. The Bertz CT molecular complexity index is 646. The van der Waals surface area contributed by atoms with E-state index in [1.54, 1.807) is 36.4 Å². The summed E-state index contributed by atoms with van der Waals surface area (Å²) >= 11 is 0. The van der Waals surface area contributed by atoms with Crippen molar-refractivity contribution < 1.29 is 32.6 Å². The zero-order valence-corrected chi connectivity index (χ0v) is 14.0. The third kappa shape index (κ3) is 5.32. The van der Waals surface area contributed by atoms with Crippen molar-refractivity contribution in [3.8, 4) is 0 Å². The van der Waals surface area contributed by atoms with E-state index >= 15 is 0 Å². The predicted octanol–water partition coefficient (Wildman–Crippen LogP) is 2.55. The lowest BCUT2D eigenvalue weighted by molar-refractivity contribution is -0.188. The molecule has 1 fully saturated rings. The van der Waals surface area contributed by atoms with E-state index in [0.717, 1.165) is 10.5 Å². The number of amides is 1. The number of hydrogen-bond donors (Lipinski definition) is 1. The van der Waals surface area contributed by atoms with E-state index in [4.69, 9.17) is 9.84 Å². The molecule has 1 aliphatic heterocycles. The van der Waals surface area contributed by atoms with E-state index in [0.29, 0.717) is 6.42 Å². The van der Waals surface area contributed by atoms with Gasteiger partial charge in [-0.05, 0) is 18.4 Å². The van der Waals surface area contributed by atoms with E-state index < -0.39 is 30.1 Å². The van der Waals surface area contributed by atoms with Crippen molar-refractivity contribution in [1.29, 1.82) is 0 Å². The summed E-state index contributed by atoms with van der Waals surface area (Å²) in [6.07, 6.45) is -1.55. The lowest BCUT2D eigenvalue weighted by Gasteiger charge is -2.29. The lowest BCUT2D eigenvalue weighted by Crippen LogP contribution is -2.48. The number of nitrogens with zero attached hydrogens (tertiary/aromatic N) is 1. The second-order valence-electron chi connectivity index (χ2n) is 5.93. The van der Waals surface area contributed by atoms with Crippen LogP contribution in [0.4, 0.5) is 13.2 Å². The number of rotatable bonds is 6. The number of aliphatic hydroxyl groups is 1. The first-order chi connectivity index (χ1) is 12.3. The van der Waals surface area contributed by atoms with Gasteiger partial charge in [-0.1, -0.05) is 42.5 Å². The van der Waals surface area contributed by atoms with E-state index in [1.165, 1.54) is 0 Å². The highest BCUT2D eigenvalue weighted by atomic mass is 19.4. The topological polar surface area (TPSA) is 66.8 Å². The van der Waals surface area contributed by atoms with Gasteiger partial charge in [0.25, 0.3) is 0 Å². The minimum atomic E-state index is -5.02. The van der Waals surface area contributed by atoms with Gasteiger partial charge in [0.05, 0.1) is 19.1 Å². The maximum Gasteiger partial charge on any atom is 0.471 e. The maximum atomic E-state index is 13.0.